The third kappa shape index (κ3) is 6.41. The van der Waals surface area contributed by atoms with E-state index in [4.69, 9.17) is 0 Å². The van der Waals surface area contributed by atoms with Gasteiger partial charge in [-0.25, -0.2) is 0 Å². The van der Waals surface area contributed by atoms with Crippen LogP contribution in [0, 0.1) is 23.7 Å². The Kier molecular flexibility index (Phi) is 7.74. The van der Waals surface area contributed by atoms with E-state index in [9.17, 15) is 0 Å². The molecule has 0 amide bonds. The van der Waals surface area contributed by atoms with Crippen LogP contribution in [0.25, 0.3) is 11.1 Å². The minimum atomic E-state index is 1.00. The first-order chi connectivity index (χ1) is 14.3. The van der Waals surface area contributed by atoms with Crippen molar-refractivity contribution >= 4 is 0 Å². The van der Waals surface area contributed by atoms with Crippen LogP contribution in [0.5, 0.6) is 0 Å². The molecule has 3 aromatic rings. The molecule has 0 radical (unpaired) electrons. The first-order valence-electron chi connectivity index (χ1n) is 10.5. The van der Waals surface area contributed by atoms with Crippen LogP contribution in [-0.4, -0.2) is 0 Å². The first kappa shape index (κ1) is 20.5. The van der Waals surface area contributed by atoms with Crippen LogP contribution < -0.4 is 0 Å². The quantitative estimate of drug-likeness (QED) is 0.314. The molecule has 0 N–H and O–H groups in total. The number of hydrogen-bond donors (Lipinski definition) is 0. The van der Waals surface area contributed by atoms with Crippen LogP contribution >= 0.6 is 0 Å². The maximum Gasteiger partial charge on any atom is 0.0249 e. The van der Waals surface area contributed by atoms with Crippen LogP contribution in [0.4, 0.5) is 0 Å². The van der Waals surface area contributed by atoms with E-state index in [1.165, 1.54) is 48.8 Å². The molecule has 3 aromatic carbocycles. The summed E-state index contributed by atoms with van der Waals surface area (Å²) in [7, 11) is 0. The maximum atomic E-state index is 3.25. The number of unbranched alkanes of at least 4 members (excludes halogenated alkanes) is 3. The molecule has 0 heterocycles. The zero-order valence-electron chi connectivity index (χ0n) is 17.5. The number of rotatable bonds is 6. The molecule has 0 unspecified atom stereocenters. The largest absolute Gasteiger partial charge is 0.101 e. The minimum absolute atomic E-state index is 1.00. The molecule has 29 heavy (non-hydrogen) atoms. The van der Waals surface area contributed by atoms with Gasteiger partial charge in [0, 0.05) is 16.7 Å². The van der Waals surface area contributed by atoms with Crippen molar-refractivity contribution in [3.05, 3.63) is 95.1 Å². The second-order valence-corrected chi connectivity index (χ2v) is 7.29. The van der Waals surface area contributed by atoms with Crippen molar-refractivity contribution < 1.29 is 0 Å². The molecule has 0 saturated carbocycles. The Bertz CT molecular complexity index is 1010. The van der Waals surface area contributed by atoms with Crippen molar-refractivity contribution in [2.24, 2.45) is 0 Å². The normalized spacial score (nSPS) is 9.86. The molecule has 0 aliphatic carbocycles. The summed E-state index contributed by atoms with van der Waals surface area (Å²) in [5.74, 6) is 12.4. The van der Waals surface area contributed by atoms with Gasteiger partial charge in [-0.2, -0.15) is 0 Å². The van der Waals surface area contributed by atoms with Gasteiger partial charge in [0.2, 0.25) is 0 Å². The molecule has 0 aromatic heterocycles. The second kappa shape index (κ2) is 10.9. The molecule has 0 atom stereocenters. The van der Waals surface area contributed by atoms with Crippen molar-refractivity contribution in [1.29, 1.82) is 0 Å². The molecule has 0 spiro atoms. The van der Waals surface area contributed by atoms with Gasteiger partial charge in [0.15, 0.2) is 0 Å². The van der Waals surface area contributed by atoms with Gasteiger partial charge in [-0.1, -0.05) is 80.3 Å². The summed E-state index contributed by atoms with van der Waals surface area (Å²) < 4.78 is 0. The molecule has 144 valence electrons. The van der Waals surface area contributed by atoms with Crippen LogP contribution in [0.2, 0.25) is 0 Å². The Morgan fingerprint density at radius 1 is 0.552 bits per heavy atom. The molecule has 0 aliphatic rings. The Balaban J connectivity index is 1.62. The van der Waals surface area contributed by atoms with E-state index in [0.717, 1.165) is 16.7 Å². The molecule has 0 nitrogen and oxygen atoms in total. The van der Waals surface area contributed by atoms with Gasteiger partial charge >= 0.3 is 0 Å². The predicted molar refractivity (Wildman–Crippen MR) is 125 cm³/mol. The summed E-state index contributed by atoms with van der Waals surface area (Å²) in [6, 6.07) is 25.6. The molecule has 0 saturated heterocycles. The average Bonchev–Trinajstić information content (AvgIpc) is 2.77. The second-order valence-electron chi connectivity index (χ2n) is 7.29. The Morgan fingerprint density at radius 2 is 1.03 bits per heavy atom. The lowest BCUT2D eigenvalue weighted by Gasteiger charge is -2.05. The summed E-state index contributed by atoms with van der Waals surface area (Å²) in [5.41, 5.74) is 6.98. The lowest BCUT2D eigenvalue weighted by molar-refractivity contribution is 0.667. The van der Waals surface area contributed by atoms with Gasteiger partial charge in [-0.05, 0) is 72.9 Å². The summed E-state index contributed by atoms with van der Waals surface area (Å²) in [6.07, 6.45) is 6.43. The summed E-state index contributed by atoms with van der Waals surface area (Å²) >= 11 is 0. The molecule has 0 aliphatic heterocycles. The Morgan fingerprint density at radius 3 is 1.55 bits per heavy atom. The highest BCUT2D eigenvalue weighted by atomic mass is 14.0. The fraction of sp³-hybridized carbons (Fsp3) is 0.241. The van der Waals surface area contributed by atoms with Crippen molar-refractivity contribution in [3.8, 4) is 34.8 Å². The smallest absolute Gasteiger partial charge is 0.0249 e. The zero-order chi connectivity index (χ0) is 20.3. The van der Waals surface area contributed by atoms with Crippen molar-refractivity contribution in [2.45, 2.75) is 46.0 Å². The van der Waals surface area contributed by atoms with Gasteiger partial charge in [0.1, 0.15) is 0 Å². The standard InChI is InChI=1S/C29H28/c1-3-5-6-7-9-25-16-20-28(21-17-25)29-22-18-27(19-23-29)15-14-26-12-10-24(8-4-2)11-13-26/h10-13,16-23H,3,5-7,9H2,1-2H3. The topological polar surface area (TPSA) is 0 Å². The first-order valence-corrected chi connectivity index (χ1v) is 10.5. The molecule has 3 rings (SSSR count). The highest BCUT2D eigenvalue weighted by Gasteiger charge is 1.99. The van der Waals surface area contributed by atoms with E-state index in [1.807, 2.05) is 31.2 Å². The van der Waals surface area contributed by atoms with Crippen molar-refractivity contribution in [1.82, 2.24) is 0 Å². The molecular formula is C29H28. The minimum Gasteiger partial charge on any atom is -0.101 e. The van der Waals surface area contributed by atoms with E-state index in [0.29, 0.717) is 0 Å². The van der Waals surface area contributed by atoms with Gasteiger partial charge in [-0.3, -0.25) is 0 Å². The SMILES string of the molecule is CC#Cc1ccc(C#Cc2ccc(-c3ccc(CCCCCC)cc3)cc2)cc1. The highest BCUT2D eigenvalue weighted by Crippen LogP contribution is 2.21. The van der Waals surface area contributed by atoms with Crippen LogP contribution in [0.1, 0.15) is 61.8 Å². The lowest BCUT2D eigenvalue weighted by atomic mass is 10.0. The van der Waals surface area contributed by atoms with Crippen molar-refractivity contribution in [2.75, 3.05) is 0 Å². The fourth-order valence-corrected chi connectivity index (χ4v) is 3.29. The van der Waals surface area contributed by atoms with E-state index >= 15 is 0 Å². The van der Waals surface area contributed by atoms with Crippen molar-refractivity contribution in [3.63, 3.8) is 0 Å². The third-order valence-corrected chi connectivity index (χ3v) is 5.00. The Hall–Kier alpha value is -3.22. The average molecular weight is 377 g/mol. The van der Waals surface area contributed by atoms with E-state index in [-0.39, 0.29) is 0 Å². The highest BCUT2D eigenvalue weighted by molar-refractivity contribution is 5.64. The number of hydrogen-bond acceptors (Lipinski definition) is 0. The van der Waals surface area contributed by atoms with Gasteiger partial charge < -0.3 is 0 Å². The van der Waals surface area contributed by atoms with Gasteiger partial charge in [-0.15, -0.1) is 5.92 Å². The fourth-order valence-electron chi connectivity index (χ4n) is 3.29. The number of aryl methyl sites for hydroxylation is 1. The monoisotopic (exact) mass is 376 g/mol. The van der Waals surface area contributed by atoms with Crippen LogP contribution in [0.15, 0.2) is 72.8 Å². The van der Waals surface area contributed by atoms with E-state index < -0.39 is 0 Å². The third-order valence-electron chi connectivity index (χ3n) is 5.00. The number of benzene rings is 3. The predicted octanol–water partition coefficient (Wildman–Crippen LogP) is 7.25. The lowest BCUT2D eigenvalue weighted by Crippen LogP contribution is -1.86. The van der Waals surface area contributed by atoms with Gasteiger partial charge in [0.25, 0.3) is 0 Å². The summed E-state index contributed by atoms with van der Waals surface area (Å²) in [6.45, 7) is 4.10. The molecular weight excluding hydrogens is 348 g/mol. The maximum absolute atomic E-state index is 3.25. The van der Waals surface area contributed by atoms with E-state index in [1.54, 1.807) is 0 Å². The summed E-state index contributed by atoms with van der Waals surface area (Å²) in [4.78, 5) is 0. The van der Waals surface area contributed by atoms with Crippen LogP contribution in [0.3, 0.4) is 0 Å². The molecule has 0 fully saturated rings. The van der Waals surface area contributed by atoms with Crippen LogP contribution in [-0.2, 0) is 6.42 Å². The molecule has 0 bridgehead atoms. The van der Waals surface area contributed by atoms with E-state index in [2.05, 4.69) is 79.1 Å². The zero-order valence-corrected chi connectivity index (χ0v) is 17.5. The Labute approximate surface area is 176 Å². The molecule has 0 heteroatoms. The van der Waals surface area contributed by atoms with Gasteiger partial charge in [0.05, 0.1) is 0 Å². The summed E-state index contributed by atoms with van der Waals surface area (Å²) in [5, 5.41) is 0.